The first kappa shape index (κ1) is 16.0. The molecule has 3 rings (SSSR count). The van der Waals surface area contributed by atoms with Gasteiger partial charge in [0.2, 0.25) is 5.91 Å². The molecule has 126 valence electrons. The summed E-state index contributed by atoms with van der Waals surface area (Å²) in [4.78, 5) is 26.6. The number of hydrogen-bond acceptors (Lipinski definition) is 3. The number of rotatable bonds is 4. The van der Waals surface area contributed by atoms with E-state index >= 15 is 0 Å². The summed E-state index contributed by atoms with van der Waals surface area (Å²) in [6.45, 7) is 3.29. The number of anilines is 2. The highest BCUT2D eigenvalue weighted by Crippen LogP contribution is 2.20. The zero-order valence-electron chi connectivity index (χ0n) is 13.6. The van der Waals surface area contributed by atoms with E-state index in [9.17, 15) is 9.59 Å². The summed E-state index contributed by atoms with van der Waals surface area (Å²) in [7, 11) is 0. The Bertz CT molecular complexity index is 713. The van der Waals surface area contributed by atoms with Gasteiger partial charge in [-0.25, -0.2) is 4.79 Å². The molecule has 0 saturated carbocycles. The molecular formula is C17H21N5O2. The molecule has 1 aromatic heterocycles. The molecule has 0 aliphatic carbocycles. The van der Waals surface area contributed by atoms with Crippen molar-refractivity contribution in [2.75, 3.05) is 17.2 Å². The summed E-state index contributed by atoms with van der Waals surface area (Å²) in [6, 6.07) is 8.54. The van der Waals surface area contributed by atoms with Crippen LogP contribution in [0.25, 0.3) is 0 Å². The van der Waals surface area contributed by atoms with Gasteiger partial charge in [0.25, 0.3) is 0 Å². The molecule has 7 heteroatoms. The second-order valence-corrected chi connectivity index (χ2v) is 5.72. The van der Waals surface area contributed by atoms with Crippen LogP contribution in [0.2, 0.25) is 0 Å². The van der Waals surface area contributed by atoms with Gasteiger partial charge in [0, 0.05) is 25.0 Å². The van der Waals surface area contributed by atoms with Crippen LogP contribution in [0.1, 0.15) is 19.8 Å². The highest BCUT2D eigenvalue weighted by molar-refractivity contribution is 5.99. The van der Waals surface area contributed by atoms with E-state index in [1.807, 2.05) is 37.3 Å². The Morgan fingerprint density at radius 2 is 2.00 bits per heavy atom. The van der Waals surface area contributed by atoms with Crippen molar-refractivity contribution in [3.63, 3.8) is 0 Å². The van der Waals surface area contributed by atoms with Crippen LogP contribution in [-0.4, -0.2) is 39.2 Å². The highest BCUT2D eigenvalue weighted by Gasteiger charge is 2.34. The number of hydrogen-bond donors (Lipinski definition) is 2. The second kappa shape index (κ2) is 7.16. The molecule has 2 heterocycles. The SMILES string of the molecule is CCn1cc(NC(=O)[C@H]2CCCN2C(=O)Nc2ccccc2)cn1. The number of carbonyl (C=O) groups is 2. The van der Waals surface area contributed by atoms with Crippen LogP contribution in [-0.2, 0) is 11.3 Å². The maximum Gasteiger partial charge on any atom is 0.322 e. The molecule has 1 aliphatic rings. The fourth-order valence-corrected chi connectivity index (χ4v) is 2.83. The zero-order valence-corrected chi connectivity index (χ0v) is 13.6. The van der Waals surface area contributed by atoms with Crippen molar-refractivity contribution in [3.8, 4) is 0 Å². The molecule has 0 spiro atoms. The standard InChI is InChI=1S/C17H21N5O2/c1-2-21-12-14(11-18-21)19-16(23)15-9-6-10-22(15)17(24)20-13-7-4-3-5-8-13/h3-5,7-8,11-12,15H,2,6,9-10H2,1H3,(H,19,23)(H,20,24)/t15-/m1/s1. The summed E-state index contributed by atoms with van der Waals surface area (Å²) in [5.41, 5.74) is 1.37. The monoisotopic (exact) mass is 327 g/mol. The molecule has 1 fully saturated rings. The van der Waals surface area contributed by atoms with Crippen LogP contribution in [0.4, 0.5) is 16.2 Å². The largest absolute Gasteiger partial charge is 0.322 e. The zero-order chi connectivity index (χ0) is 16.9. The van der Waals surface area contributed by atoms with Crippen molar-refractivity contribution in [2.45, 2.75) is 32.4 Å². The first-order valence-corrected chi connectivity index (χ1v) is 8.13. The lowest BCUT2D eigenvalue weighted by atomic mass is 10.2. The van der Waals surface area contributed by atoms with Gasteiger partial charge in [-0.2, -0.15) is 5.10 Å². The van der Waals surface area contributed by atoms with Gasteiger partial charge in [-0.15, -0.1) is 0 Å². The van der Waals surface area contributed by atoms with E-state index in [0.29, 0.717) is 18.7 Å². The molecular weight excluding hydrogens is 306 g/mol. The minimum absolute atomic E-state index is 0.175. The second-order valence-electron chi connectivity index (χ2n) is 5.72. The molecule has 24 heavy (non-hydrogen) atoms. The number of nitrogens with one attached hydrogen (secondary N) is 2. The number of urea groups is 1. The van der Waals surface area contributed by atoms with Crippen LogP contribution >= 0.6 is 0 Å². The predicted molar refractivity (Wildman–Crippen MR) is 91.7 cm³/mol. The third-order valence-electron chi connectivity index (χ3n) is 4.07. The molecule has 0 radical (unpaired) electrons. The first-order valence-electron chi connectivity index (χ1n) is 8.13. The third kappa shape index (κ3) is 3.56. The average molecular weight is 327 g/mol. The van der Waals surface area contributed by atoms with Crippen LogP contribution < -0.4 is 10.6 Å². The van der Waals surface area contributed by atoms with Crippen molar-refractivity contribution in [1.29, 1.82) is 0 Å². The van der Waals surface area contributed by atoms with Crippen molar-refractivity contribution in [2.24, 2.45) is 0 Å². The van der Waals surface area contributed by atoms with Gasteiger partial charge in [0.05, 0.1) is 11.9 Å². The average Bonchev–Trinajstić information content (AvgIpc) is 3.24. The molecule has 2 N–H and O–H groups in total. The smallest absolute Gasteiger partial charge is 0.322 e. The molecule has 7 nitrogen and oxygen atoms in total. The van der Waals surface area contributed by atoms with Crippen molar-refractivity contribution < 1.29 is 9.59 Å². The lowest BCUT2D eigenvalue weighted by molar-refractivity contribution is -0.119. The molecule has 1 atom stereocenters. The molecule has 1 aromatic carbocycles. The topological polar surface area (TPSA) is 79.3 Å². The lowest BCUT2D eigenvalue weighted by Crippen LogP contribution is -2.45. The van der Waals surface area contributed by atoms with Crippen LogP contribution in [0.5, 0.6) is 0 Å². The summed E-state index contributed by atoms with van der Waals surface area (Å²) < 4.78 is 1.74. The Morgan fingerprint density at radius 3 is 2.71 bits per heavy atom. The number of carbonyl (C=O) groups excluding carboxylic acids is 2. The van der Waals surface area contributed by atoms with Gasteiger partial charge < -0.3 is 15.5 Å². The number of nitrogens with zero attached hydrogens (tertiary/aromatic N) is 3. The van der Waals surface area contributed by atoms with E-state index in [-0.39, 0.29) is 11.9 Å². The minimum atomic E-state index is -0.460. The van der Waals surface area contributed by atoms with E-state index in [4.69, 9.17) is 0 Å². The molecule has 3 amide bonds. The van der Waals surface area contributed by atoms with E-state index in [0.717, 1.165) is 18.7 Å². The fourth-order valence-electron chi connectivity index (χ4n) is 2.83. The van der Waals surface area contributed by atoms with Crippen LogP contribution in [0.15, 0.2) is 42.7 Å². The number of aromatic nitrogens is 2. The van der Waals surface area contributed by atoms with E-state index in [1.54, 1.807) is 22.0 Å². The Balaban J connectivity index is 1.63. The number of para-hydroxylation sites is 1. The van der Waals surface area contributed by atoms with Crippen LogP contribution in [0, 0.1) is 0 Å². The number of amides is 3. The summed E-state index contributed by atoms with van der Waals surface area (Å²) in [5, 5.41) is 9.81. The van der Waals surface area contributed by atoms with Crippen molar-refractivity contribution in [1.82, 2.24) is 14.7 Å². The quantitative estimate of drug-likeness (QED) is 0.905. The van der Waals surface area contributed by atoms with Gasteiger partial charge in [-0.3, -0.25) is 9.48 Å². The first-order chi connectivity index (χ1) is 11.7. The van der Waals surface area contributed by atoms with Gasteiger partial charge in [-0.1, -0.05) is 18.2 Å². The van der Waals surface area contributed by atoms with Crippen molar-refractivity contribution in [3.05, 3.63) is 42.7 Å². The lowest BCUT2D eigenvalue weighted by Gasteiger charge is -2.24. The van der Waals surface area contributed by atoms with E-state index in [1.165, 1.54) is 0 Å². The Hall–Kier alpha value is -2.83. The number of benzene rings is 1. The van der Waals surface area contributed by atoms with Gasteiger partial charge in [0.15, 0.2) is 0 Å². The normalized spacial score (nSPS) is 16.9. The molecule has 0 unspecified atom stereocenters. The third-order valence-corrected chi connectivity index (χ3v) is 4.07. The van der Waals surface area contributed by atoms with Crippen LogP contribution in [0.3, 0.4) is 0 Å². The number of likely N-dealkylation sites (tertiary alicyclic amines) is 1. The molecule has 0 bridgehead atoms. The van der Waals surface area contributed by atoms with E-state index < -0.39 is 6.04 Å². The highest BCUT2D eigenvalue weighted by atomic mass is 16.2. The summed E-state index contributed by atoms with van der Waals surface area (Å²) in [5.74, 6) is -0.175. The maximum absolute atomic E-state index is 12.5. The summed E-state index contributed by atoms with van der Waals surface area (Å²) >= 11 is 0. The Kier molecular flexibility index (Phi) is 4.79. The van der Waals surface area contributed by atoms with Gasteiger partial charge >= 0.3 is 6.03 Å². The minimum Gasteiger partial charge on any atom is -0.322 e. The summed E-state index contributed by atoms with van der Waals surface area (Å²) in [6.07, 6.45) is 4.87. The van der Waals surface area contributed by atoms with Gasteiger partial charge in [0.1, 0.15) is 6.04 Å². The Labute approximate surface area is 140 Å². The Morgan fingerprint density at radius 1 is 1.21 bits per heavy atom. The fraction of sp³-hybridized carbons (Fsp3) is 0.353. The van der Waals surface area contributed by atoms with Gasteiger partial charge in [-0.05, 0) is 31.9 Å². The van der Waals surface area contributed by atoms with Crippen molar-refractivity contribution >= 4 is 23.3 Å². The molecule has 1 aliphatic heterocycles. The molecule has 2 aromatic rings. The number of aryl methyl sites for hydroxylation is 1. The van der Waals surface area contributed by atoms with E-state index in [2.05, 4.69) is 15.7 Å². The molecule has 1 saturated heterocycles. The maximum atomic E-state index is 12.5. The predicted octanol–water partition coefficient (Wildman–Crippen LogP) is 2.54.